The first-order valence-electron chi connectivity index (χ1n) is 18.0. The third-order valence-corrected chi connectivity index (χ3v) is 10.2. The Morgan fingerprint density at radius 3 is 1.58 bits per heavy atom. The van der Waals surface area contributed by atoms with E-state index in [1.165, 1.54) is 21.9 Å². The quantitative estimate of drug-likeness (QED) is 0.164. The highest BCUT2D eigenvalue weighted by Crippen LogP contribution is 2.42. The Hall–Kier alpha value is -7.10. The highest BCUT2D eigenvalue weighted by Gasteiger charge is 2.19. The fourth-order valence-electron chi connectivity index (χ4n) is 7.60. The molecular weight excluding hydrogens is 643 g/mol. The Morgan fingerprint density at radius 2 is 0.849 bits per heavy atom. The maximum atomic E-state index is 5.49. The molecule has 10 rings (SSSR count). The van der Waals surface area contributed by atoms with Crippen LogP contribution in [0.4, 0.5) is 17.1 Å². The van der Waals surface area contributed by atoms with Crippen molar-refractivity contribution in [1.82, 2.24) is 9.97 Å². The molecule has 0 aliphatic rings. The number of aromatic nitrogens is 2. The Kier molecular flexibility index (Phi) is 7.47. The molecule has 1 heterocycles. The van der Waals surface area contributed by atoms with Crippen LogP contribution in [-0.2, 0) is 0 Å². The molecular formula is C50H33N3. The Balaban J connectivity index is 1.23. The van der Waals surface area contributed by atoms with E-state index in [1.807, 2.05) is 12.1 Å². The molecule has 10 aromatic rings. The topological polar surface area (TPSA) is 29.0 Å². The van der Waals surface area contributed by atoms with Crippen molar-refractivity contribution >= 4 is 60.4 Å². The van der Waals surface area contributed by atoms with Gasteiger partial charge in [0.05, 0.1) is 22.4 Å². The zero-order chi connectivity index (χ0) is 35.1. The van der Waals surface area contributed by atoms with Gasteiger partial charge in [-0.25, -0.2) is 9.97 Å². The van der Waals surface area contributed by atoms with Crippen LogP contribution in [0.2, 0.25) is 0 Å². The highest BCUT2D eigenvalue weighted by atomic mass is 15.1. The second-order valence-corrected chi connectivity index (χ2v) is 13.4. The first kappa shape index (κ1) is 30.7. The predicted molar refractivity (Wildman–Crippen MR) is 223 cm³/mol. The minimum Gasteiger partial charge on any atom is -0.310 e. The van der Waals surface area contributed by atoms with E-state index < -0.39 is 0 Å². The van der Waals surface area contributed by atoms with Crippen LogP contribution >= 0.6 is 0 Å². The van der Waals surface area contributed by atoms with Gasteiger partial charge < -0.3 is 4.90 Å². The van der Waals surface area contributed by atoms with Crippen molar-refractivity contribution in [1.29, 1.82) is 0 Å². The second kappa shape index (κ2) is 12.9. The van der Waals surface area contributed by atoms with Gasteiger partial charge in [0.1, 0.15) is 0 Å². The van der Waals surface area contributed by atoms with Crippen LogP contribution in [-0.4, -0.2) is 9.97 Å². The summed E-state index contributed by atoms with van der Waals surface area (Å²) in [6.07, 6.45) is 0. The van der Waals surface area contributed by atoms with E-state index >= 15 is 0 Å². The largest absolute Gasteiger partial charge is 0.310 e. The van der Waals surface area contributed by atoms with Crippen LogP contribution < -0.4 is 4.90 Å². The molecule has 3 nitrogen and oxygen atoms in total. The molecule has 0 spiro atoms. The molecule has 0 amide bonds. The van der Waals surface area contributed by atoms with E-state index in [0.29, 0.717) is 0 Å². The number of fused-ring (bicyclic) bond motifs is 6. The lowest BCUT2D eigenvalue weighted by molar-refractivity contribution is 1.29. The molecule has 0 saturated heterocycles. The summed E-state index contributed by atoms with van der Waals surface area (Å²) in [5.41, 5.74) is 11.2. The van der Waals surface area contributed by atoms with Gasteiger partial charge in [-0.15, -0.1) is 0 Å². The molecule has 1 aromatic heterocycles. The number of benzene rings is 9. The first-order chi connectivity index (χ1) is 26.3. The van der Waals surface area contributed by atoms with Crippen molar-refractivity contribution in [2.24, 2.45) is 0 Å². The average molecular weight is 676 g/mol. The number of anilines is 3. The van der Waals surface area contributed by atoms with Gasteiger partial charge in [-0.1, -0.05) is 158 Å². The zero-order valence-electron chi connectivity index (χ0n) is 28.9. The minimum absolute atomic E-state index is 0.871. The van der Waals surface area contributed by atoms with E-state index in [-0.39, 0.29) is 0 Å². The molecule has 0 fully saturated rings. The number of nitrogens with zero attached hydrogens (tertiary/aromatic N) is 3. The summed E-state index contributed by atoms with van der Waals surface area (Å²) >= 11 is 0. The summed E-state index contributed by atoms with van der Waals surface area (Å²) in [5.74, 6) is 0. The van der Waals surface area contributed by atoms with Crippen molar-refractivity contribution in [2.45, 2.75) is 0 Å². The Labute approximate surface area is 308 Å². The van der Waals surface area contributed by atoms with E-state index in [1.54, 1.807) is 0 Å². The lowest BCUT2D eigenvalue weighted by atomic mass is 9.98. The molecule has 53 heavy (non-hydrogen) atoms. The van der Waals surface area contributed by atoms with Gasteiger partial charge in [0.15, 0.2) is 0 Å². The number of hydrogen-bond donors (Lipinski definition) is 0. The molecule has 248 valence electrons. The van der Waals surface area contributed by atoms with Crippen molar-refractivity contribution in [3.8, 4) is 33.6 Å². The molecule has 3 heteroatoms. The fraction of sp³-hybridized carbons (Fsp3) is 0. The van der Waals surface area contributed by atoms with E-state index in [2.05, 4.69) is 193 Å². The zero-order valence-corrected chi connectivity index (χ0v) is 28.9. The maximum absolute atomic E-state index is 5.49. The van der Waals surface area contributed by atoms with Gasteiger partial charge in [0, 0.05) is 33.6 Å². The monoisotopic (exact) mass is 675 g/mol. The first-order valence-corrected chi connectivity index (χ1v) is 18.0. The van der Waals surface area contributed by atoms with Gasteiger partial charge >= 0.3 is 0 Å². The number of rotatable bonds is 6. The van der Waals surface area contributed by atoms with Crippen molar-refractivity contribution < 1.29 is 0 Å². The normalized spacial score (nSPS) is 11.4. The molecule has 0 radical (unpaired) electrons. The molecule has 0 bridgehead atoms. The summed E-state index contributed by atoms with van der Waals surface area (Å²) < 4.78 is 0. The average Bonchev–Trinajstić information content (AvgIpc) is 3.24. The molecule has 0 aliphatic carbocycles. The molecule has 0 atom stereocenters. The molecule has 0 aliphatic heterocycles. The van der Waals surface area contributed by atoms with Gasteiger partial charge in [-0.3, -0.25) is 0 Å². The summed E-state index contributed by atoms with van der Waals surface area (Å²) in [5, 5.41) is 6.93. The van der Waals surface area contributed by atoms with Gasteiger partial charge in [-0.05, 0) is 80.5 Å². The minimum atomic E-state index is 0.871. The van der Waals surface area contributed by atoms with Gasteiger partial charge in [-0.2, -0.15) is 0 Å². The lowest BCUT2D eigenvalue weighted by Gasteiger charge is -2.27. The molecule has 0 unspecified atom stereocenters. The molecule has 0 saturated carbocycles. The van der Waals surface area contributed by atoms with E-state index in [0.717, 1.165) is 72.2 Å². The van der Waals surface area contributed by atoms with E-state index in [4.69, 9.17) is 9.97 Å². The van der Waals surface area contributed by atoms with Crippen LogP contribution in [0.3, 0.4) is 0 Å². The van der Waals surface area contributed by atoms with Crippen molar-refractivity contribution in [2.75, 3.05) is 4.90 Å². The van der Waals surface area contributed by atoms with Gasteiger partial charge in [0.2, 0.25) is 0 Å². The number of hydrogen-bond acceptors (Lipinski definition) is 3. The Bertz CT molecular complexity index is 2940. The van der Waals surface area contributed by atoms with Crippen LogP contribution in [0.5, 0.6) is 0 Å². The van der Waals surface area contributed by atoms with Crippen LogP contribution in [0.15, 0.2) is 200 Å². The predicted octanol–water partition coefficient (Wildman–Crippen LogP) is 13.6. The summed E-state index contributed by atoms with van der Waals surface area (Å²) in [6.45, 7) is 0. The highest BCUT2D eigenvalue weighted by molar-refractivity contribution is 6.19. The third-order valence-electron chi connectivity index (χ3n) is 10.2. The summed E-state index contributed by atoms with van der Waals surface area (Å²) in [6, 6.07) is 71.0. The smallest absolute Gasteiger partial charge is 0.0979 e. The standard InChI is InChI=1S/C50H33N3/c1-4-13-34(14-5-1)41-21-12-22-42(31-41)53(43-28-25-35-15-10-11-20-40(35)32-43)44-29-26-36-23-24-37-27-30-46-50(47(37)45(36)33-44)52-49(39-18-8-3-9-19-39)48(51-46)38-16-6-2-7-17-38/h1-33H. The fourth-order valence-corrected chi connectivity index (χ4v) is 7.60. The third kappa shape index (κ3) is 5.56. The molecule has 0 N–H and O–H groups in total. The summed E-state index contributed by atoms with van der Waals surface area (Å²) in [4.78, 5) is 13.2. The van der Waals surface area contributed by atoms with Crippen molar-refractivity contribution in [3.63, 3.8) is 0 Å². The maximum Gasteiger partial charge on any atom is 0.0979 e. The molecule has 9 aromatic carbocycles. The van der Waals surface area contributed by atoms with E-state index in [9.17, 15) is 0 Å². The van der Waals surface area contributed by atoms with Crippen LogP contribution in [0.1, 0.15) is 0 Å². The van der Waals surface area contributed by atoms with Crippen molar-refractivity contribution in [3.05, 3.63) is 200 Å². The Morgan fingerprint density at radius 1 is 0.321 bits per heavy atom. The summed E-state index contributed by atoms with van der Waals surface area (Å²) in [7, 11) is 0. The van der Waals surface area contributed by atoms with Gasteiger partial charge in [0.25, 0.3) is 0 Å². The SMILES string of the molecule is c1ccc(-c2cccc(N(c3ccc4ccccc4c3)c3ccc4ccc5ccc6nc(-c7ccccc7)c(-c7ccccc7)nc6c5c4c3)c2)cc1. The lowest BCUT2D eigenvalue weighted by Crippen LogP contribution is -2.10. The second-order valence-electron chi connectivity index (χ2n) is 13.4. The van der Waals surface area contributed by atoms with Crippen LogP contribution in [0, 0.1) is 0 Å². The van der Waals surface area contributed by atoms with Crippen LogP contribution in [0.25, 0.3) is 77.0 Å².